The van der Waals surface area contributed by atoms with Gasteiger partial charge in [-0.05, 0) is 32.0 Å². The van der Waals surface area contributed by atoms with Crippen LogP contribution in [0.25, 0.3) is 11.0 Å². The van der Waals surface area contributed by atoms with Gasteiger partial charge in [-0.2, -0.15) is 0 Å². The van der Waals surface area contributed by atoms with Crippen molar-refractivity contribution in [2.75, 3.05) is 11.9 Å². The second-order valence-electron chi connectivity index (χ2n) is 4.72. The van der Waals surface area contributed by atoms with E-state index in [1.165, 1.54) is 0 Å². The SMILES string of the molecule is Cn1cnc2cc(NCC(C)(C)O)ccc21. The van der Waals surface area contributed by atoms with Gasteiger partial charge in [0.2, 0.25) is 0 Å². The first-order valence-corrected chi connectivity index (χ1v) is 5.33. The molecule has 0 amide bonds. The lowest BCUT2D eigenvalue weighted by molar-refractivity contribution is 0.0945. The van der Waals surface area contributed by atoms with Gasteiger partial charge in [0.1, 0.15) is 0 Å². The second kappa shape index (κ2) is 3.79. The summed E-state index contributed by atoms with van der Waals surface area (Å²) >= 11 is 0. The molecule has 16 heavy (non-hydrogen) atoms. The quantitative estimate of drug-likeness (QED) is 0.827. The van der Waals surface area contributed by atoms with Gasteiger partial charge in [0, 0.05) is 19.3 Å². The first-order valence-electron chi connectivity index (χ1n) is 5.33. The Hall–Kier alpha value is -1.55. The smallest absolute Gasteiger partial charge is 0.0955 e. The van der Waals surface area contributed by atoms with Gasteiger partial charge in [0.25, 0.3) is 0 Å². The summed E-state index contributed by atoms with van der Waals surface area (Å²) in [4.78, 5) is 4.28. The summed E-state index contributed by atoms with van der Waals surface area (Å²) in [7, 11) is 1.97. The molecule has 0 bridgehead atoms. The number of hydrogen-bond acceptors (Lipinski definition) is 3. The molecule has 4 heteroatoms. The van der Waals surface area contributed by atoms with Crippen LogP contribution in [0.3, 0.4) is 0 Å². The summed E-state index contributed by atoms with van der Waals surface area (Å²) in [6.07, 6.45) is 1.80. The molecular formula is C12H17N3O. The number of benzene rings is 1. The van der Waals surface area contributed by atoms with Gasteiger partial charge < -0.3 is 15.0 Å². The van der Waals surface area contributed by atoms with E-state index in [1.807, 2.05) is 29.8 Å². The van der Waals surface area contributed by atoms with Crippen LogP contribution >= 0.6 is 0 Å². The molecule has 0 atom stereocenters. The highest BCUT2D eigenvalue weighted by molar-refractivity contribution is 5.79. The summed E-state index contributed by atoms with van der Waals surface area (Å²) in [5.41, 5.74) is 2.34. The van der Waals surface area contributed by atoms with Crippen LogP contribution < -0.4 is 5.32 Å². The van der Waals surface area contributed by atoms with E-state index in [0.29, 0.717) is 6.54 Å². The predicted octanol–water partition coefficient (Wildman–Crippen LogP) is 1.76. The van der Waals surface area contributed by atoms with Gasteiger partial charge in [0.05, 0.1) is 23.0 Å². The lowest BCUT2D eigenvalue weighted by Gasteiger charge is -2.18. The first-order chi connectivity index (χ1) is 7.46. The molecule has 0 spiro atoms. The molecular weight excluding hydrogens is 202 g/mol. The number of aliphatic hydroxyl groups is 1. The number of imidazole rings is 1. The summed E-state index contributed by atoms with van der Waals surface area (Å²) in [6.45, 7) is 4.07. The van der Waals surface area contributed by atoms with E-state index in [0.717, 1.165) is 16.7 Å². The van der Waals surface area contributed by atoms with Crippen molar-refractivity contribution in [1.29, 1.82) is 0 Å². The molecule has 1 heterocycles. The Morgan fingerprint density at radius 1 is 1.44 bits per heavy atom. The molecule has 0 aliphatic heterocycles. The summed E-state index contributed by atoms with van der Waals surface area (Å²) in [5.74, 6) is 0. The van der Waals surface area contributed by atoms with E-state index in [1.54, 1.807) is 20.2 Å². The first kappa shape index (κ1) is 11.0. The Morgan fingerprint density at radius 2 is 2.19 bits per heavy atom. The van der Waals surface area contributed by atoms with Crippen LogP contribution in [0, 0.1) is 0 Å². The molecule has 1 aromatic carbocycles. The van der Waals surface area contributed by atoms with E-state index in [9.17, 15) is 5.11 Å². The van der Waals surface area contributed by atoms with Gasteiger partial charge in [-0.15, -0.1) is 0 Å². The minimum absolute atomic E-state index is 0.519. The molecule has 0 radical (unpaired) electrons. The fourth-order valence-electron chi connectivity index (χ4n) is 1.56. The molecule has 2 aromatic rings. The van der Waals surface area contributed by atoms with Crippen molar-refractivity contribution >= 4 is 16.7 Å². The van der Waals surface area contributed by atoms with Gasteiger partial charge in [-0.25, -0.2) is 4.98 Å². The van der Waals surface area contributed by atoms with E-state index < -0.39 is 5.60 Å². The van der Waals surface area contributed by atoms with Crippen LogP contribution in [0.1, 0.15) is 13.8 Å². The van der Waals surface area contributed by atoms with Gasteiger partial charge >= 0.3 is 0 Å². The Bertz CT molecular complexity index is 496. The van der Waals surface area contributed by atoms with Crippen molar-refractivity contribution in [3.8, 4) is 0 Å². The van der Waals surface area contributed by atoms with Crippen LogP contribution in [-0.2, 0) is 7.05 Å². The number of anilines is 1. The molecule has 2 rings (SSSR count). The third-order valence-electron chi connectivity index (χ3n) is 2.45. The maximum absolute atomic E-state index is 9.61. The molecule has 2 N–H and O–H groups in total. The Balaban J connectivity index is 2.20. The fourth-order valence-corrected chi connectivity index (χ4v) is 1.56. The van der Waals surface area contributed by atoms with Crippen LogP contribution in [0.2, 0.25) is 0 Å². The average molecular weight is 219 g/mol. The maximum Gasteiger partial charge on any atom is 0.0955 e. The summed E-state index contributed by atoms with van der Waals surface area (Å²) in [5, 5.41) is 12.8. The minimum atomic E-state index is -0.709. The van der Waals surface area contributed by atoms with Crippen molar-refractivity contribution in [1.82, 2.24) is 9.55 Å². The molecule has 0 aliphatic rings. The Kier molecular flexibility index (Phi) is 2.59. The van der Waals surface area contributed by atoms with Crippen molar-refractivity contribution in [2.24, 2.45) is 7.05 Å². The third-order valence-corrected chi connectivity index (χ3v) is 2.45. The lowest BCUT2D eigenvalue weighted by atomic mass is 10.1. The van der Waals surface area contributed by atoms with Crippen molar-refractivity contribution < 1.29 is 5.11 Å². The van der Waals surface area contributed by atoms with Crippen molar-refractivity contribution in [2.45, 2.75) is 19.4 Å². The molecule has 0 saturated carbocycles. The predicted molar refractivity (Wildman–Crippen MR) is 65.5 cm³/mol. The number of fused-ring (bicyclic) bond motifs is 1. The monoisotopic (exact) mass is 219 g/mol. The fraction of sp³-hybridized carbons (Fsp3) is 0.417. The van der Waals surface area contributed by atoms with E-state index >= 15 is 0 Å². The normalized spacial score (nSPS) is 12.0. The van der Waals surface area contributed by atoms with Gasteiger partial charge in [-0.3, -0.25) is 0 Å². The molecule has 0 saturated heterocycles. The van der Waals surface area contributed by atoms with Crippen molar-refractivity contribution in [3.05, 3.63) is 24.5 Å². The Morgan fingerprint density at radius 3 is 2.88 bits per heavy atom. The average Bonchev–Trinajstić information content (AvgIpc) is 2.56. The maximum atomic E-state index is 9.61. The van der Waals surface area contributed by atoms with Crippen molar-refractivity contribution in [3.63, 3.8) is 0 Å². The highest BCUT2D eigenvalue weighted by Gasteiger charge is 2.11. The zero-order valence-electron chi connectivity index (χ0n) is 9.86. The van der Waals surface area contributed by atoms with Crippen LogP contribution in [0.4, 0.5) is 5.69 Å². The largest absolute Gasteiger partial charge is 0.389 e. The van der Waals surface area contributed by atoms with Gasteiger partial charge in [-0.1, -0.05) is 0 Å². The van der Waals surface area contributed by atoms with Crippen LogP contribution in [-0.4, -0.2) is 26.8 Å². The zero-order chi connectivity index (χ0) is 11.8. The summed E-state index contributed by atoms with van der Waals surface area (Å²) < 4.78 is 1.98. The summed E-state index contributed by atoms with van der Waals surface area (Å²) in [6, 6.07) is 6.01. The van der Waals surface area contributed by atoms with E-state index in [4.69, 9.17) is 0 Å². The molecule has 86 valence electrons. The number of aromatic nitrogens is 2. The third kappa shape index (κ3) is 2.33. The highest BCUT2D eigenvalue weighted by atomic mass is 16.3. The molecule has 4 nitrogen and oxygen atoms in total. The molecule has 0 aliphatic carbocycles. The van der Waals surface area contributed by atoms with E-state index in [2.05, 4.69) is 10.3 Å². The van der Waals surface area contributed by atoms with Crippen LogP contribution in [0.5, 0.6) is 0 Å². The van der Waals surface area contributed by atoms with E-state index in [-0.39, 0.29) is 0 Å². The lowest BCUT2D eigenvalue weighted by Crippen LogP contribution is -2.29. The number of nitrogens with one attached hydrogen (secondary N) is 1. The molecule has 0 unspecified atom stereocenters. The van der Waals surface area contributed by atoms with Crippen LogP contribution in [0.15, 0.2) is 24.5 Å². The highest BCUT2D eigenvalue weighted by Crippen LogP contribution is 2.17. The molecule has 1 aromatic heterocycles. The number of nitrogens with zero attached hydrogens (tertiary/aromatic N) is 2. The second-order valence-corrected chi connectivity index (χ2v) is 4.72. The van der Waals surface area contributed by atoms with Gasteiger partial charge in [0.15, 0.2) is 0 Å². The Labute approximate surface area is 94.9 Å². The zero-order valence-corrected chi connectivity index (χ0v) is 9.86. The minimum Gasteiger partial charge on any atom is -0.389 e. The molecule has 0 fully saturated rings. The topological polar surface area (TPSA) is 50.1 Å². The number of aryl methyl sites for hydroxylation is 1. The number of rotatable bonds is 3. The standard InChI is InChI=1S/C12H17N3O/c1-12(2,16)7-13-9-4-5-11-10(6-9)14-8-15(11)3/h4-6,8,13,16H,7H2,1-3H3. The number of hydrogen-bond donors (Lipinski definition) is 2.